The molecule has 0 aliphatic rings. The van der Waals surface area contributed by atoms with Gasteiger partial charge in [-0.25, -0.2) is 0 Å². The Morgan fingerprint density at radius 2 is 1.92 bits per heavy atom. The van der Waals surface area contributed by atoms with E-state index in [2.05, 4.69) is 27.8 Å². The minimum atomic E-state index is -0.577. The lowest BCUT2D eigenvalue weighted by Crippen LogP contribution is -2.38. The summed E-state index contributed by atoms with van der Waals surface area (Å²) in [6.07, 6.45) is -0.577. The van der Waals surface area contributed by atoms with Crippen molar-refractivity contribution in [2.24, 2.45) is 4.99 Å². The average Bonchev–Trinajstić information content (AvgIpc) is 3.07. The van der Waals surface area contributed by atoms with Crippen LogP contribution in [0.3, 0.4) is 0 Å². The van der Waals surface area contributed by atoms with Crippen LogP contribution in [0.15, 0.2) is 59.6 Å². The second-order valence-corrected chi connectivity index (χ2v) is 7.19. The Hall–Kier alpha value is -2.08. The molecule has 3 rings (SSSR count). The van der Waals surface area contributed by atoms with Gasteiger partial charge in [0.2, 0.25) is 0 Å². The molecular formula is C19H20ClN3OS. The molecule has 1 aromatic heterocycles. The smallest absolute Gasteiger partial charge is 0.191 e. The Balaban J connectivity index is 1.54. The Bertz CT molecular complexity index is 827. The predicted octanol–water partition coefficient (Wildman–Crippen LogP) is 3.95. The summed E-state index contributed by atoms with van der Waals surface area (Å²) in [5, 5.41) is 18.7. The van der Waals surface area contributed by atoms with Gasteiger partial charge in [-0.05, 0) is 35.2 Å². The normalized spacial score (nSPS) is 13.0. The fraction of sp³-hybridized carbons (Fsp3) is 0.211. The fourth-order valence-corrected chi connectivity index (χ4v) is 3.65. The first-order chi connectivity index (χ1) is 12.2. The van der Waals surface area contributed by atoms with Gasteiger partial charge in [-0.15, -0.1) is 11.3 Å². The quantitative estimate of drug-likeness (QED) is 0.468. The maximum absolute atomic E-state index is 10.4. The Labute approximate surface area is 156 Å². The van der Waals surface area contributed by atoms with Gasteiger partial charge in [-0.3, -0.25) is 4.99 Å². The number of nitrogens with one attached hydrogen (secondary N) is 2. The highest BCUT2D eigenvalue weighted by atomic mass is 35.5. The number of guanidine groups is 1. The lowest BCUT2D eigenvalue weighted by Gasteiger charge is -2.14. The summed E-state index contributed by atoms with van der Waals surface area (Å²) >= 11 is 7.50. The molecule has 1 atom stereocenters. The van der Waals surface area contributed by atoms with Crippen molar-refractivity contribution >= 4 is 39.0 Å². The zero-order valence-corrected chi connectivity index (χ0v) is 15.4. The molecule has 0 aliphatic heterocycles. The summed E-state index contributed by atoms with van der Waals surface area (Å²) in [4.78, 5) is 5.14. The molecule has 0 fully saturated rings. The summed E-state index contributed by atoms with van der Waals surface area (Å²) < 4.78 is 1.18. The van der Waals surface area contributed by atoms with Crippen LogP contribution in [0.5, 0.6) is 0 Å². The molecule has 4 nitrogen and oxygen atoms in total. The van der Waals surface area contributed by atoms with Crippen LogP contribution in [0, 0.1) is 0 Å². The molecule has 1 heterocycles. The standard InChI is InChI=1S/C19H20ClN3OS/c1-21-19(22-11-13-6-8-15(20)9-7-13)23-12-16(24)18-10-14-4-2-3-5-17(14)25-18/h2-10,16,24H,11-12H2,1H3,(H2,21,22,23). The number of aliphatic hydroxyl groups excluding tert-OH is 1. The van der Waals surface area contributed by atoms with E-state index in [1.165, 1.54) is 4.70 Å². The van der Waals surface area contributed by atoms with Crippen LogP contribution in [0.4, 0.5) is 0 Å². The molecule has 3 aromatic rings. The van der Waals surface area contributed by atoms with Crippen LogP contribution in [0.2, 0.25) is 5.02 Å². The van der Waals surface area contributed by atoms with Crippen molar-refractivity contribution in [1.82, 2.24) is 10.6 Å². The van der Waals surface area contributed by atoms with Crippen LogP contribution >= 0.6 is 22.9 Å². The number of rotatable bonds is 5. The molecule has 0 spiro atoms. The second-order valence-electron chi connectivity index (χ2n) is 5.64. The maximum atomic E-state index is 10.4. The highest BCUT2D eigenvalue weighted by Gasteiger charge is 2.12. The Morgan fingerprint density at radius 3 is 2.64 bits per heavy atom. The molecule has 0 amide bonds. The van der Waals surface area contributed by atoms with Gasteiger partial charge in [0.15, 0.2) is 5.96 Å². The number of halogens is 1. The van der Waals surface area contributed by atoms with Crippen molar-refractivity contribution in [2.45, 2.75) is 12.6 Å². The number of aliphatic imine (C=N–C) groups is 1. The molecule has 0 saturated heterocycles. The molecule has 0 radical (unpaired) electrons. The van der Waals surface area contributed by atoms with E-state index in [0.29, 0.717) is 19.0 Å². The third-order valence-corrected chi connectivity index (χ3v) is 5.30. The van der Waals surface area contributed by atoms with Gasteiger partial charge in [0.1, 0.15) is 6.10 Å². The van der Waals surface area contributed by atoms with Gasteiger partial charge in [-0.2, -0.15) is 0 Å². The third-order valence-electron chi connectivity index (χ3n) is 3.83. The van der Waals surface area contributed by atoms with E-state index < -0.39 is 6.10 Å². The molecular weight excluding hydrogens is 354 g/mol. The van der Waals surface area contributed by atoms with E-state index in [-0.39, 0.29) is 0 Å². The predicted molar refractivity (Wildman–Crippen MR) is 106 cm³/mol. The fourth-order valence-electron chi connectivity index (χ4n) is 2.47. The number of nitrogens with zero attached hydrogens (tertiary/aromatic N) is 1. The third kappa shape index (κ3) is 4.72. The second kappa shape index (κ2) is 8.34. The van der Waals surface area contributed by atoms with Crippen molar-refractivity contribution in [3.8, 4) is 0 Å². The van der Waals surface area contributed by atoms with E-state index in [9.17, 15) is 5.11 Å². The lowest BCUT2D eigenvalue weighted by atomic mass is 10.2. The van der Waals surface area contributed by atoms with Gasteiger partial charge in [0, 0.05) is 34.7 Å². The van der Waals surface area contributed by atoms with Crippen molar-refractivity contribution in [1.29, 1.82) is 0 Å². The number of aliphatic hydroxyl groups is 1. The summed E-state index contributed by atoms with van der Waals surface area (Å²) in [5.41, 5.74) is 1.11. The zero-order valence-electron chi connectivity index (χ0n) is 13.9. The molecule has 130 valence electrons. The molecule has 6 heteroatoms. The minimum Gasteiger partial charge on any atom is -0.386 e. The van der Waals surface area contributed by atoms with Crippen LogP contribution in [-0.4, -0.2) is 24.7 Å². The summed E-state index contributed by atoms with van der Waals surface area (Å²) in [6, 6.07) is 17.8. The Kier molecular flexibility index (Phi) is 5.91. The van der Waals surface area contributed by atoms with Crippen LogP contribution in [-0.2, 0) is 6.54 Å². The number of thiophene rings is 1. The van der Waals surface area contributed by atoms with E-state index in [4.69, 9.17) is 11.6 Å². The summed E-state index contributed by atoms with van der Waals surface area (Å²) in [5.74, 6) is 0.648. The van der Waals surface area contributed by atoms with Gasteiger partial charge >= 0.3 is 0 Å². The Morgan fingerprint density at radius 1 is 1.16 bits per heavy atom. The van der Waals surface area contributed by atoms with Crippen molar-refractivity contribution < 1.29 is 5.11 Å². The molecule has 3 N–H and O–H groups in total. The largest absolute Gasteiger partial charge is 0.386 e. The molecule has 2 aromatic carbocycles. The van der Waals surface area contributed by atoms with Crippen LogP contribution < -0.4 is 10.6 Å². The highest BCUT2D eigenvalue weighted by Crippen LogP contribution is 2.29. The van der Waals surface area contributed by atoms with Gasteiger partial charge in [-0.1, -0.05) is 41.9 Å². The van der Waals surface area contributed by atoms with Gasteiger partial charge in [0.05, 0.1) is 0 Å². The molecule has 25 heavy (non-hydrogen) atoms. The van der Waals surface area contributed by atoms with Gasteiger partial charge in [0.25, 0.3) is 0 Å². The molecule has 0 bridgehead atoms. The first-order valence-electron chi connectivity index (χ1n) is 8.01. The van der Waals surface area contributed by atoms with Crippen molar-refractivity contribution in [3.05, 3.63) is 70.1 Å². The van der Waals surface area contributed by atoms with E-state index in [0.717, 1.165) is 20.8 Å². The topological polar surface area (TPSA) is 56.7 Å². The summed E-state index contributed by atoms with van der Waals surface area (Å²) in [7, 11) is 1.71. The van der Waals surface area contributed by atoms with E-state index in [1.54, 1.807) is 18.4 Å². The van der Waals surface area contributed by atoms with E-state index in [1.807, 2.05) is 42.5 Å². The molecule has 0 aliphatic carbocycles. The minimum absolute atomic E-state index is 0.396. The van der Waals surface area contributed by atoms with Crippen LogP contribution in [0.1, 0.15) is 16.5 Å². The number of fused-ring (bicyclic) bond motifs is 1. The van der Waals surface area contributed by atoms with E-state index >= 15 is 0 Å². The molecule has 0 saturated carbocycles. The molecule has 1 unspecified atom stereocenters. The number of hydrogen-bond acceptors (Lipinski definition) is 3. The first kappa shape index (κ1) is 17.7. The average molecular weight is 374 g/mol. The van der Waals surface area contributed by atoms with Gasteiger partial charge < -0.3 is 15.7 Å². The monoisotopic (exact) mass is 373 g/mol. The van der Waals surface area contributed by atoms with Crippen molar-refractivity contribution in [2.75, 3.05) is 13.6 Å². The lowest BCUT2D eigenvalue weighted by molar-refractivity contribution is 0.184. The number of hydrogen-bond donors (Lipinski definition) is 3. The maximum Gasteiger partial charge on any atom is 0.191 e. The highest BCUT2D eigenvalue weighted by molar-refractivity contribution is 7.19. The number of benzene rings is 2. The zero-order chi connectivity index (χ0) is 17.6. The van der Waals surface area contributed by atoms with Crippen molar-refractivity contribution in [3.63, 3.8) is 0 Å². The SMILES string of the molecule is CN=C(NCc1ccc(Cl)cc1)NCC(O)c1cc2ccccc2s1. The summed E-state index contributed by atoms with van der Waals surface area (Å²) in [6.45, 7) is 1.03. The first-order valence-corrected chi connectivity index (χ1v) is 9.20. The van der Waals surface area contributed by atoms with Crippen LogP contribution in [0.25, 0.3) is 10.1 Å².